The van der Waals surface area contributed by atoms with E-state index in [9.17, 15) is 4.79 Å². The molecule has 3 nitrogen and oxygen atoms in total. The summed E-state index contributed by atoms with van der Waals surface area (Å²) in [5.74, 6) is 0.920. The smallest absolute Gasteiger partial charge is 0.237 e. The normalized spacial score (nSPS) is 30.9. The Morgan fingerprint density at radius 2 is 2.12 bits per heavy atom. The predicted octanol–water partition coefficient (Wildman–Crippen LogP) is 1.05. The number of carbonyl (C=O) groups excluding carboxylic acids is 1. The minimum absolute atomic E-state index is 0.0486. The topological polar surface area (TPSA) is 41.1 Å². The van der Waals surface area contributed by atoms with E-state index < -0.39 is 0 Å². The third-order valence-electron chi connectivity index (χ3n) is 3.50. The third kappa shape index (κ3) is 1.95. The molecule has 0 aromatic heterocycles. The van der Waals surface area contributed by atoms with Gasteiger partial charge in [0.05, 0.1) is 6.04 Å². The van der Waals surface area contributed by atoms with E-state index in [0.29, 0.717) is 12.6 Å². The molecule has 1 aliphatic carbocycles. The summed E-state index contributed by atoms with van der Waals surface area (Å²) in [5, 5.41) is 6.33. The second-order valence-corrected chi connectivity index (χ2v) is 4.76. The number of fused-ring (bicyclic) bond motifs is 1. The summed E-state index contributed by atoms with van der Waals surface area (Å²) in [4.78, 5) is 11.8. The zero-order chi connectivity index (χ0) is 11.0. The van der Waals surface area contributed by atoms with Crippen molar-refractivity contribution < 1.29 is 4.79 Å². The van der Waals surface area contributed by atoms with Crippen molar-refractivity contribution in [3.05, 3.63) is 35.9 Å². The van der Waals surface area contributed by atoms with E-state index in [4.69, 9.17) is 0 Å². The van der Waals surface area contributed by atoms with Crippen molar-refractivity contribution in [2.45, 2.75) is 31.5 Å². The van der Waals surface area contributed by atoms with Crippen LogP contribution in [0.2, 0.25) is 0 Å². The van der Waals surface area contributed by atoms with Crippen molar-refractivity contribution >= 4 is 5.91 Å². The molecule has 84 valence electrons. The van der Waals surface area contributed by atoms with Gasteiger partial charge in [-0.15, -0.1) is 0 Å². The number of amides is 1. The highest BCUT2D eigenvalue weighted by Gasteiger charge is 2.47. The van der Waals surface area contributed by atoms with Crippen LogP contribution in [0.15, 0.2) is 30.3 Å². The summed E-state index contributed by atoms with van der Waals surface area (Å²) >= 11 is 0. The van der Waals surface area contributed by atoms with Crippen molar-refractivity contribution in [1.82, 2.24) is 10.6 Å². The SMILES string of the molecule is O=C(NCc1ccccc1)C1CC2CC2N1. The molecule has 0 bridgehead atoms. The molecule has 3 heteroatoms. The lowest BCUT2D eigenvalue weighted by Crippen LogP contribution is -2.41. The van der Waals surface area contributed by atoms with E-state index in [2.05, 4.69) is 10.6 Å². The summed E-state index contributed by atoms with van der Waals surface area (Å²) in [6, 6.07) is 10.7. The molecule has 2 fully saturated rings. The average Bonchev–Trinajstić information content (AvgIpc) is 2.94. The highest BCUT2D eigenvalue weighted by atomic mass is 16.2. The van der Waals surface area contributed by atoms with Gasteiger partial charge in [0.1, 0.15) is 0 Å². The standard InChI is InChI=1S/C13H16N2O/c16-13(12-7-10-6-11(10)15-12)14-8-9-4-2-1-3-5-9/h1-5,10-12,15H,6-8H2,(H,14,16). The van der Waals surface area contributed by atoms with Crippen LogP contribution in [-0.2, 0) is 11.3 Å². The van der Waals surface area contributed by atoms with E-state index in [1.165, 1.54) is 6.42 Å². The molecule has 16 heavy (non-hydrogen) atoms. The predicted molar refractivity (Wildman–Crippen MR) is 61.7 cm³/mol. The van der Waals surface area contributed by atoms with E-state index in [-0.39, 0.29) is 11.9 Å². The summed E-state index contributed by atoms with van der Waals surface area (Å²) in [6.45, 7) is 0.632. The van der Waals surface area contributed by atoms with Crippen LogP contribution in [0.5, 0.6) is 0 Å². The van der Waals surface area contributed by atoms with Gasteiger partial charge in [0, 0.05) is 12.6 Å². The Balaban J connectivity index is 1.50. The minimum Gasteiger partial charge on any atom is -0.351 e. The number of piperidine rings is 1. The lowest BCUT2D eigenvalue weighted by atomic mass is 10.1. The largest absolute Gasteiger partial charge is 0.351 e. The molecule has 1 heterocycles. The van der Waals surface area contributed by atoms with Crippen LogP contribution in [0.4, 0.5) is 0 Å². The Labute approximate surface area is 95.2 Å². The molecular weight excluding hydrogens is 200 g/mol. The zero-order valence-electron chi connectivity index (χ0n) is 9.15. The van der Waals surface area contributed by atoms with Crippen molar-refractivity contribution in [2.24, 2.45) is 5.92 Å². The molecule has 2 N–H and O–H groups in total. The second kappa shape index (κ2) is 3.91. The third-order valence-corrected chi connectivity index (χ3v) is 3.50. The second-order valence-electron chi connectivity index (χ2n) is 4.76. The average molecular weight is 216 g/mol. The van der Waals surface area contributed by atoms with Crippen LogP contribution in [0.1, 0.15) is 18.4 Å². The van der Waals surface area contributed by atoms with Crippen LogP contribution in [0.3, 0.4) is 0 Å². The van der Waals surface area contributed by atoms with Gasteiger partial charge in [-0.25, -0.2) is 0 Å². The monoisotopic (exact) mass is 216 g/mol. The summed E-state index contributed by atoms with van der Waals surface area (Å²) in [5.41, 5.74) is 1.15. The maximum atomic E-state index is 11.8. The van der Waals surface area contributed by atoms with Gasteiger partial charge in [0.25, 0.3) is 0 Å². The molecule has 3 atom stereocenters. The summed E-state index contributed by atoms with van der Waals surface area (Å²) in [6.07, 6.45) is 2.29. The Morgan fingerprint density at radius 3 is 2.81 bits per heavy atom. The highest BCUT2D eigenvalue weighted by molar-refractivity contribution is 5.82. The lowest BCUT2D eigenvalue weighted by Gasteiger charge is -2.13. The quantitative estimate of drug-likeness (QED) is 0.793. The van der Waals surface area contributed by atoms with Gasteiger partial charge >= 0.3 is 0 Å². The van der Waals surface area contributed by atoms with Crippen molar-refractivity contribution in [3.63, 3.8) is 0 Å². The van der Waals surface area contributed by atoms with E-state index in [0.717, 1.165) is 17.9 Å². The molecule has 1 saturated carbocycles. The van der Waals surface area contributed by atoms with E-state index >= 15 is 0 Å². The van der Waals surface area contributed by atoms with Gasteiger partial charge in [0.15, 0.2) is 0 Å². The highest BCUT2D eigenvalue weighted by Crippen LogP contribution is 2.40. The number of nitrogens with one attached hydrogen (secondary N) is 2. The molecule has 1 saturated heterocycles. The first kappa shape index (κ1) is 9.85. The molecular formula is C13H16N2O. The van der Waals surface area contributed by atoms with Gasteiger partial charge in [-0.2, -0.15) is 0 Å². The first-order chi connectivity index (χ1) is 7.83. The summed E-state index contributed by atoms with van der Waals surface area (Å²) < 4.78 is 0. The number of carbonyl (C=O) groups is 1. The molecule has 1 aliphatic heterocycles. The molecule has 0 radical (unpaired) electrons. The molecule has 1 amide bonds. The number of rotatable bonds is 3. The Hall–Kier alpha value is -1.35. The van der Waals surface area contributed by atoms with Crippen LogP contribution in [-0.4, -0.2) is 18.0 Å². The fourth-order valence-corrected chi connectivity index (χ4v) is 2.43. The summed E-state index contributed by atoms with van der Waals surface area (Å²) in [7, 11) is 0. The fourth-order valence-electron chi connectivity index (χ4n) is 2.43. The van der Waals surface area contributed by atoms with E-state index in [1.54, 1.807) is 0 Å². The first-order valence-corrected chi connectivity index (χ1v) is 5.90. The Bertz CT molecular complexity index is 380. The van der Waals surface area contributed by atoms with Gasteiger partial charge in [-0.1, -0.05) is 30.3 Å². The fraction of sp³-hybridized carbons (Fsp3) is 0.462. The number of hydrogen-bond acceptors (Lipinski definition) is 2. The van der Waals surface area contributed by atoms with Crippen LogP contribution < -0.4 is 10.6 Å². The zero-order valence-corrected chi connectivity index (χ0v) is 9.15. The molecule has 3 unspecified atom stereocenters. The molecule has 1 aromatic carbocycles. The van der Waals surface area contributed by atoms with Crippen molar-refractivity contribution in [2.75, 3.05) is 0 Å². The maximum Gasteiger partial charge on any atom is 0.237 e. The van der Waals surface area contributed by atoms with E-state index in [1.807, 2.05) is 30.3 Å². The van der Waals surface area contributed by atoms with Crippen molar-refractivity contribution in [1.29, 1.82) is 0 Å². The number of hydrogen-bond donors (Lipinski definition) is 2. The van der Waals surface area contributed by atoms with Crippen LogP contribution in [0.25, 0.3) is 0 Å². The van der Waals surface area contributed by atoms with Crippen LogP contribution >= 0.6 is 0 Å². The van der Waals surface area contributed by atoms with Crippen LogP contribution in [0, 0.1) is 5.92 Å². The maximum absolute atomic E-state index is 11.8. The van der Waals surface area contributed by atoms with Gasteiger partial charge < -0.3 is 10.6 Å². The molecule has 0 spiro atoms. The number of benzene rings is 1. The van der Waals surface area contributed by atoms with Gasteiger partial charge in [-0.3, -0.25) is 4.79 Å². The Kier molecular flexibility index (Phi) is 2.40. The lowest BCUT2D eigenvalue weighted by molar-refractivity contribution is -0.123. The minimum atomic E-state index is 0.0486. The molecule has 2 aliphatic rings. The molecule has 1 aromatic rings. The van der Waals surface area contributed by atoms with Gasteiger partial charge in [-0.05, 0) is 24.3 Å². The van der Waals surface area contributed by atoms with Crippen molar-refractivity contribution in [3.8, 4) is 0 Å². The van der Waals surface area contributed by atoms with Gasteiger partial charge in [0.2, 0.25) is 5.91 Å². The first-order valence-electron chi connectivity index (χ1n) is 5.90. The molecule has 3 rings (SSSR count). The Morgan fingerprint density at radius 1 is 1.31 bits per heavy atom.